The van der Waals surface area contributed by atoms with Crippen molar-refractivity contribution in [3.05, 3.63) is 29.8 Å². The third-order valence-electron chi connectivity index (χ3n) is 3.79. The van der Waals surface area contributed by atoms with Crippen LogP contribution in [0, 0.1) is 5.92 Å². The first-order valence-corrected chi connectivity index (χ1v) is 6.50. The number of nitrogens with one attached hydrogen (secondary N) is 1. The van der Waals surface area contributed by atoms with Gasteiger partial charge < -0.3 is 10.1 Å². The van der Waals surface area contributed by atoms with Crippen molar-refractivity contribution in [1.82, 2.24) is 5.32 Å². The Labute approximate surface area is 111 Å². The third kappa shape index (κ3) is 3.41. The average molecular weight is 273 g/mol. The Kier molecular flexibility index (Phi) is 4.04. The van der Waals surface area contributed by atoms with Gasteiger partial charge in [0.05, 0.1) is 0 Å². The monoisotopic (exact) mass is 273 g/mol. The predicted molar refractivity (Wildman–Crippen MR) is 67.1 cm³/mol. The zero-order valence-electron chi connectivity index (χ0n) is 11.0. The van der Waals surface area contributed by atoms with Crippen LogP contribution in [0.4, 0.5) is 13.2 Å². The van der Waals surface area contributed by atoms with E-state index >= 15 is 0 Å². The van der Waals surface area contributed by atoms with E-state index in [4.69, 9.17) is 0 Å². The molecule has 0 heterocycles. The lowest BCUT2D eigenvalue weighted by atomic mass is 9.67. The fourth-order valence-corrected chi connectivity index (χ4v) is 2.68. The molecule has 3 atom stereocenters. The van der Waals surface area contributed by atoms with Gasteiger partial charge in [-0.05, 0) is 42.5 Å². The molecule has 0 spiro atoms. The van der Waals surface area contributed by atoms with Gasteiger partial charge >= 0.3 is 6.36 Å². The van der Waals surface area contributed by atoms with Gasteiger partial charge in [-0.2, -0.15) is 0 Å². The molecule has 1 N–H and O–H groups in total. The molecule has 0 aliphatic heterocycles. The van der Waals surface area contributed by atoms with Crippen molar-refractivity contribution in [2.75, 3.05) is 6.54 Å². The maximum absolute atomic E-state index is 12.0. The maximum atomic E-state index is 12.0. The Morgan fingerprint density at radius 2 is 1.89 bits per heavy atom. The van der Waals surface area contributed by atoms with E-state index in [1.165, 1.54) is 12.1 Å². The Morgan fingerprint density at radius 1 is 1.26 bits per heavy atom. The molecule has 19 heavy (non-hydrogen) atoms. The molecule has 1 saturated carbocycles. The predicted octanol–water partition coefficient (Wildman–Crippen LogP) is 3.69. The quantitative estimate of drug-likeness (QED) is 0.903. The molecular weight excluding hydrogens is 255 g/mol. The summed E-state index contributed by atoms with van der Waals surface area (Å²) in [5, 5.41) is 3.40. The van der Waals surface area contributed by atoms with Crippen molar-refractivity contribution in [3.8, 4) is 5.75 Å². The maximum Gasteiger partial charge on any atom is 0.573 e. The SMILES string of the molecule is CCNC1CC(c2ccc(OC(F)(F)F)cc2)C1C. The minimum atomic E-state index is -4.62. The highest BCUT2D eigenvalue weighted by Gasteiger charge is 2.38. The Balaban J connectivity index is 1.96. The van der Waals surface area contributed by atoms with Crippen LogP contribution in [0.25, 0.3) is 0 Å². The van der Waals surface area contributed by atoms with Crippen LogP contribution in [-0.4, -0.2) is 18.9 Å². The van der Waals surface area contributed by atoms with Crippen LogP contribution in [0.15, 0.2) is 24.3 Å². The highest BCUT2D eigenvalue weighted by molar-refractivity contribution is 5.31. The molecule has 0 aromatic heterocycles. The summed E-state index contributed by atoms with van der Waals surface area (Å²) in [4.78, 5) is 0. The van der Waals surface area contributed by atoms with Gasteiger partial charge in [0.15, 0.2) is 0 Å². The zero-order chi connectivity index (χ0) is 14.0. The molecular formula is C14H18F3NO. The summed E-state index contributed by atoms with van der Waals surface area (Å²) in [6.07, 6.45) is -3.59. The number of alkyl halides is 3. The molecule has 1 aliphatic rings. The van der Waals surface area contributed by atoms with Crippen LogP contribution >= 0.6 is 0 Å². The summed E-state index contributed by atoms with van der Waals surface area (Å²) in [6.45, 7) is 5.19. The van der Waals surface area contributed by atoms with Gasteiger partial charge in [0.2, 0.25) is 0 Å². The zero-order valence-corrected chi connectivity index (χ0v) is 11.0. The minimum absolute atomic E-state index is 0.161. The van der Waals surface area contributed by atoms with E-state index < -0.39 is 6.36 Å². The molecule has 0 saturated heterocycles. The first kappa shape index (κ1) is 14.2. The molecule has 2 nitrogen and oxygen atoms in total. The number of ether oxygens (including phenoxy) is 1. The van der Waals surface area contributed by atoms with E-state index in [0.29, 0.717) is 17.9 Å². The molecule has 2 rings (SSSR count). The minimum Gasteiger partial charge on any atom is -0.406 e. The van der Waals surface area contributed by atoms with Crippen LogP contribution in [0.1, 0.15) is 31.7 Å². The number of hydrogen-bond acceptors (Lipinski definition) is 2. The second kappa shape index (κ2) is 5.41. The molecule has 1 aromatic rings. The van der Waals surface area contributed by atoms with Crippen molar-refractivity contribution < 1.29 is 17.9 Å². The average Bonchev–Trinajstić information content (AvgIpc) is 2.33. The first-order valence-electron chi connectivity index (χ1n) is 6.50. The Bertz CT molecular complexity index is 416. The second-order valence-corrected chi connectivity index (χ2v) is 4.98. The van der Waals surface area contributed by atoms with E-state index in [1.54, 1.807) is 12.1 Å². The molecule has 1 fully saturated rings. The van der Waals surface area contributed by atoms with Gasteiger partial charge in [-0.1, -0.05) is 26.0 Å². The van der Waals surface area contributed by atoms with Crippen LogP contribution < -0.4 is 10.1 Å². The summed E-state index contributed by atoms with van der Waals surface area (Å²) in [6, 6.07) is 6.74. The highest BCUT2D eigenvalue weighted by Crippen LogP contribution is 2.42. The standard InChI is InChI=1S/C14H18F3NO/c1-3-18-13-8-12(9(13)2)10-4-6-11(7-5-10)19-14(15,16)17/h4-7,9,12-13,18H,3,8H2,1-2H3. The highest BCUT2D eigenvalue weighted by atomic mass is 19.4. The molecule has 0 amide bonds. The summed E-state index contributed by atoms with van der Waals surface area (Å²) < 4.78 is 40.0. The Hall–Kier alpha value is -1.23. The fraction of sp³-hybridized carbons (Fsp3) is 0.571. The van der Waals surface area contributed by atoms with Gasteiger partial charge in [0.1, 0.15) is 5.75 Å². The van der Waals surface area contributed by atoms with Crippen molar-refractivity contribution >= 4 is 0 Å². The first-order chi connectivity index (χ1) is 8.90. The number of benzene rings is 1. The van der Waals surface area contributed by atoms with Crippen LogP contribution in [0.5, 0.6) is 5.75 Å². The lowest BCUT2D eigenvalue weighted by Gasteiger charge is -2.43. The van der Waals surface area contributed by atoms with Gasteiger partial charge in [-0.3, -0.25) is 0 Å². The van der Waals surface area contributed by atoms with Crippen LogP contribution in [0.2, 0.25) is 0 Å². The lowest BCUT2D eigenvalue weighted by molar-refractivity contribution is -0.274. The van der Waals surface area contributed by atoms with Gasteiger partial charge in [-0.15, -0.1) is 13.2 Å². The van der Waals surface area contributed by atoms with Crippen molar-refractivity contribution in [1.29, 1.82) is 0 Å². The summed E-state index contributed by atoms with van der Waals surface area (Å²) in [7, 11) is 0. The Morgan fingerprint density at radius 3 is 2.37 bits per heavy atom. The van der Waals surface area contributed by atoms with E-state index in [-0.39, 0.29) is 5.75 Å². The van der Waals surface area contributed by atoms with Crippen LogP contribution in [-0.2, 0) is 0 Å². The smallest absolute Gasteiger partial charge is 0.406 e. The van der Waals surface area contributed by atoms with Gasteiger partial charge in [-0.25, -0.2) is 0 Å². The van der Waals surface area contributed by atoms with Gasteiger partial charge in [0, 0.05) is 6.04 Å². The molecule has 5 heteroatoms. The molecule has 1 aliphatic carbocycles. The van der Waals surface area contributed by atoms with E-state index in [9.17, 15) is 13.2 Å². The molecule has 1 aromatic carbocycles. The van der Waals surface area contributed by atoms with E-state index in [2.05, 4.69) is 23.9 Å². The molecule has 0 radical (unpaired) electrons. The second-order valence-electron chi connectivity index (χ2n) is 4.98. The van der Waals surface area contributed by atoms with E-state index in [1.807, 2.05) is 0 Å². The normalized spacial score (nSPS) is 26.9. The van der Waals surface area contributed by atoms with E-state index in [0.717, 1.165) is 18.5 Å². The largest absolute Gasteiger partial charge is 0.573 e. The molecule has 0 bridgehead atoms. The molecule has 106 valence electrons. The topological polar surface area (TPSA) is 21.3 Å². The number of halogens is 3. The van der Waals surface area contributed by atoms with Crippen molar-refractivity contribution in [3.63, 3.8) is 0 Å². The van der Waals surface area contributed by atoms with Crippen molar-refractivity contribution in [2.24, 2.45) is 5.92 Å². The number of hydrogen-bond donors (Lipinski definition) is 1. The van der Waals surface area contributed by atoms with Gasteiger partial charge in [0.25, 0.3) is 0 Å². The fourth-order valence-electron chi connectivity index (χ4n) is 2.68. The summed E-state index contributed by atoms with van der Waals surface area (Å²) in [5.41, 5.74) is 1.08. The lowest BCUT2D eigenvalue weighted by Crippen LogP contribution is -2.47. The summed E-state index contributed by atoms with van der Waals surface area (Å²) >= 11 is 0. The third-order valence-corrected chi connectivity index (χ3v) is 3.79. The number of rotatable bonds is 4. The van der Waals surface area contributed by atoms with Crippen molar-refractivity contribution in [2.45, 2.75) is 38.6 Å². The molecule has 3 unspecified atom stereocenters. The summed E-state index contributed by atoms with van der Waals surface area (Å²) in [5.74, 6) is 0.768. The van der Waals surface area contributed by atoms with Crippen LogP contribution in [0.3, 0.4) is 0 Å².